The highest BCUT2D eigenvalue weighted by Gasteiger charge is 2.24. The molecule has 0 radical (unpaired) electrons. The Morgan fingerprint density at radius 2 is 1.96 bits per heavy atom. The first-order valence-corrected chi connectivity index (χ1v) is 9.28. The summed E-state index contributed by atoms with van der Waals surface area (Å²) in [6, 6.07) is 13.0. The second-order valence-electron chi connectivity index (χ2n) is 6.00. The lowest BCUT2D eigenvalue weighted by Crippen LogP contribution is -2.05. The number of cyclic esters (lactones) is 1. The Bertz CT molecular complexity index is 945. The zero-order valence-electron chi connectivity index (χ0n) is 15.0. The number of esters is 1. The smallest absolute Gasteiger partial charge is 0.363 e. The number of methoxy groups -OCH3 is 1. The van der Waals surface area contributed by atoms with Crippen molar-refractivity contribution in [2.45, 2.75) is 6.92 Å². The third-order valence-corrected chi connectivity index (χ3v) is 4.40. The summed E-state index contributed by atoms with van der Waals surface area (Å²) < 4.78 is 17.4. The summed E-state index contributed by atoms with van der Waals surface area (Å²) in [6.07, 6.45) is 1.66. The highest BCUT2D eigenvalue weighted by molar-refractivity contribution is 14.1. The lowest BCUT2D eigenvalue weighted by atomic mass is 10.1. The van der Waals surface area contributed by atoms with Crippen LogP contribution in [-0.2, 0) is 9.53 Å². The molecule has 1 heterocycles. The van der Waals surface area contributed by atoms with Gasteiger partial charge in [-0.25, -0.2) is 9.79 Å². The number of rotatable bonds is 6. The second kappa shape index (κ2) is 8.39. The molecule has 0 N–H and O–H groups in total. The van der Waals surface area contributed by atoms with Gasteiger partial charge >= 0.3 is 5.97 Å². The van der Waals surface area contributed by atoms with E-state index in [2.05, 4.69) is 34.2 Å². The number of halogens is 1. The molecule has 0 bridgehead atoms. The molecule has 0 aliphatic carbocycles. The van der Waals surface area contributed by atoms with Crippen molar-refractivity contribution < 1.29 is 19.0 Å². The Kier molecular flexibility index (Phi) is 5.95. The second-order valence-corrected chi connectivity index (χ2v) is 7.24. The first-order valence-electron chi connectivity index (χ1n) is 8.20. The van der Waals surface area contributed by atoms with Gasteiger partial charge in [0.05, 0.1) is 7.11 Å². The van der Waals surface area contributed by atoms with Crippen molar-refractivity contribution in [2.75, 3.05) is 13.7 Å². The number of carbonyl (C=O) groups is 1. The third-order valence-electron chi connectivity index (χ3n) is 3.68. The van der Waals surface area contributed by atoms with E-state index >= 15 is 0 Å². The number of hydrogen-bond donors (Lipinski definition) is 0. The van der Waals surface area contributed by atoms with Gasteiger partial charge in [0.2, 0.25) is 5.90 Å². The fourth-order valence-electron chi connectivity index (χ4n) is 2.38. The van der Waals surface area contributed by atoms with Crippen LogP contribution >= 0.6 is 22.6 Å². The number of hydrogen-bond acceptors (Lipinski definition) is 5. The van der Waals surface area contributed by atoms with Gasteiger partial charge in [-0.3, -0.25) is 0 Å². The summed E-state index contributed by atoms with van der Waals surface area (Å²) in [5.74, 6) is 1.000. The van der Waals surface area contributed by atoms with Crippen LogP contribution in [0.1, 0.15) is 18.1 Å². The van der Waals surface area contributed by atoms with Gasteiger partial charge in [-0.1, -0.05) is 12.6 Å². The molecule has 6 heteroatoms. The summed E-state index contributed by atoms with van der Waals surface area (Å²) in [5.41, 5.74) is 2.66. The van der Waals surface area contributed by atoms with Crippen molar-refractivity contribution in [2.24, 2.45) is 4.99 Å². The van der Waals surface area contributed by atoms with Crippen LogP contribution in [0.15, 0.2) is 65.3 Å². The molecule has 0 fully saturated rings. The largest absolute Gasteiger partial charge is 0.493 e. The lowest BCUT2D eigenvalue weighted by molar-refractivity contribution is -0.129. The summed E-state index contributed by atoms with van der Waals surface area (Å²) >= 11 is 2.22. The fourth-order valence-corrected chi connectivity index (χ4v) is 2.74. The molecule has 138 valence electrons. The van der Waals surface area contributed by atoms with Crippen LogP contribution in [-0.4, -0.2) is 25.6 Å². The van der Waals surface area contributed by atoms with E-state index in [1.165, 1.54) is 0 Å². The Balaban J connectivity index is 1.85. The van der Waals surface area contributed by atoms with Crippen LogP contribution in [0.25, 0.3) is 6.08 Å². The van der Waals surface area contributed by atoms with Gasteiger partial charge < -0.3 is 14.2 Å². The van der Waals surface area contributed by atoms with Crippen LogP contribution in [0.3, 0.4) is 0 Å². The van der Waals surface area contributed by atoms with E-state index in [0.717, 1.165) is 20.3 Å². The van der Waals surface area contributed by atoms with E-state index in [-0.39, 0.29) is 5.70 Å². The minimum atomic E-state index is -0.481. The number of benzene rings is 2. The van der Waals surface area contributed by atoms with Gasteiger partial charge in [0.25, 0.3) is 0 Å². The molecule has 1 aliphatic rings. The highest BCUT2D eigenvalue weighted by atomic mass is 127. The Hall–Kier alpha value is -2.61. The van der Waals surface area contributed by atoms with E-state index in [0.29, 0.717) is 24.0 Å². The fraction of sp³-hybridized carbons (Fsp3) is 0.143. The average Bonchev–Trinajstić information content (AvgIpc) is 3.01. The summed E-state index contributed by atoms with van der Waals surface area (Å²) in [4.78, 5) is 16.5. The van der Waals surface area contributed by atoms with Crippen LogP contribution in [0.4, 0.5) is 0 Å². The predicted octanol–water partition coefficient (Wildman–Crippen LogP) is 4.60. The zero-order chi connectivity index (χ0) is 19.4. The molecule has 1 aliphatic heterocycles. The van der Waals surface area contributed by atoms with Crippen molar-refractivity contribution in [1.29, 1.82) is 0 Å². The maximum absolute atomic E-state index is 12.2. The molecule has 0 saturated heterocycles. The number of carbonyl (C=O) groups excluding carboxylic acids is 1. The molecule has 2 aromatic carbocycles. The minimum absolute atomic E-state index is 0.237. The molecular formula is C21H18INO4. The van der Waals surface area contributed by atoms with Gasteiger partial charge in [0.15, 0.2) is 17.2 Å². The quantitative estimate of drug-likeness (QED) is 0.265. The molecule has 3 rings (SSSR count). The Labute approximate surface area is 171 Å². The van der Waals surface area contributed by atoms with Gasteiger partial charge in [0.1, 0.15) is 6.61 Å². The predicted molar refractivity (Wildman–Crippen MR) is 113 cm³/mol. The average molecular weight is 475 g/mol. The lowest BCUT2D eigenvalue weighted by Gasteiger charge is -2.11. The van der Waals surface area contributed by atoms with E-state index in [9.17, 15) is 4.79 Å². The van der Waals surface area contributed by atoms with Crippen LogP contribution < -0.4 is 9.47 Å². The summed E-state index contributed by atoms with van der Waals surface area (Å²) in [6.45, 7) is 6.11. The molecule has 27 heavy (non-hydrogen) atoms. The minimum Gasteiger partial charge on any atom is -0.493 e. The van der Waals surface area contributed by atoms with Gasteiger partial charge in [-0.05, 0) is 83.1 Å². The van der Waals surface area contributed by atoms with Crippen molar-refractivity contribution in [3.05, 3.63) is 75.0 Å². The Morgan fingerprint density at radius 3 is 2.63 bits per heavy atom. The molecule has 0 atom stereocenters. The zero-order valence-corrected chi connectivity index (χ0v) is 17.1. The summed E-state index contributed by atoms with van der Waals surface area (Å²) in [5, 5.41) is 0. The molecule has 0 spiro atoms. The van der Waals surface area contributed by atoms with E-state index in [1.807, 2.05) is 37.3 Å². The van der Waals surface area contributed by atoms with E-state index < -0.39 is 5.97 Å². The molecule has 0 unspecified atom stereocenters. The highest BCUT2D eigenvalue weighted by Crippen LogP contribution is 2.30. The standard InChI is InChI=1S/C21H18INO4/c1-13(2)12-26-18-9-4-14(11-19(18)25-3)10-17-21(24)27-20(23-17)15-5-7-16(22)8-6-15/h4-11H,1,12H2,2-3H3/b17-10-. The van der Waals surface area contributed by atoms with Crippen molar-refractivity contribution in [3.63, 3.8) is 0 Å². The molecule has 5 nitrogen and oxygen atoms in total. The third kappa shape index (κ3) is 4.77. The van der Waals surface area contributed by atoms with E-state index in [1.54, 1.807) is 25.3 Å². The van der Waals surface area contributed by atoms with Crippen LogP contribution in [0.2, 0.25) is 0 Å². The van der Waals surface area contributed by atoms with Crippen molar-refractivity contribution in [1.82, 2.24) is 0 Å². The normalized spacial score (nSPS) is 14.7. The first-order chi connectivity index (χ1) is 13.0. The SMILES string of the molecule is C=C(C)COc1ccc(/C=C2\N=C(c3ccc(I)cc3)OC2=O)cc1OC. The Morgan fingerprint density at radius 1 is 1.22 bits per heavy atom. The molecule has 0 amide bonds. The van der Waals surface area contributed by atoms with Gasteiger partial charge in [0, 0.05) is 9.13 Å². The molecule has 0 saturated carbocycles. The first kappa shape index (κ1) is 19.2. The maximum Gasteiger partial charge on any atom is 0.363 e. The number of nitrogens with zero attached hydrogens (tertiary/aromatic N) is 1. The van der Waals surface area contributed by atoms with Gasteiger partial charge in [-0.15, -0.1) is 0 Å². The summed E-state index contributed by atoms with van der Waals surface area (Å²) in [7, 11) is 1.57. The van der Waals surface area contributed by atoms with Gasteiger partial charge in [-0.2, -0.15) is 0 Å². The van der Waals surface area contributed by atoms with Crippen LogP contribution in [0.5, 0.6) is 11.5 Å². The monoisotopic (exact) mass is 475 g/mol. The number of aliphatic imine (C=N–C) groups is 1. The topological polar surface area (TPSA) is 57.1 Å². The van der Waals surface area contributed by atoms with Crippen molar-refractivity contribution >= 4 is 40.5 Å². The molecular weight excluding hydrogens is 457 g/mol. The molecule has 2 aromatic rings. The van der Waals surface area contributed by atoms with Crippen LogP contribution in [0, 0.1) is 3.57 Å². The maximum atomic E-state index is 12.2. The number of ether oxygens (including phenoxy) is 3. The molecule has 0 aromatic heterocycles. The van der Waals surface area contributed by atoms with E-state index in [4.69, 9.17) is 14.2 Å². The van der Waals surface area contributed by atoms with Crippen molar-refractivity contribution in [3.8, 4) is 11.5 Å².